The lowest BCUT2D eigenvalue weighted by molar-refractivity contribution is -0.0608. The standard InChI is InChI=1S/C37H52O5Si/c1-35(2,3)43(33-17-11-9-12-18-33,34-19-13-10-14-20-34)42-28-27-37(5,26-16-8-7-15-25-36(4,39)30-38)41-29-31-21-23-32(40-6)24-22-31/h7-14,17-24,38-39H,15-16,25-30H2,1-6H3/b8-7+/t36-,37-/m0/s1. The second-order valence-electron chi connectivity index (χ2n) is 13.1. The van der Waals surface area contributed by atoms with E-state index in [0.717, 1.165) is 30.6 Å². The van der Waals surface area contributed by atoms with E-state index in [-0.39, 0.29) is 11.6 Å². The molecule has 0 amide bonds. The molecule has 43 heavy (non-hydrogen) atoms. The van der Waals surface area contributed by atoms with E-state index in [1.807, 2.05) is 24.3 Å². The van der Waals surface area contributed by atoms with E-state index >= 15 is 0 Å². The van der Waals surface area contributed by atoms with E-state index in [9.17, 15) is 10.2 Å². The molecule has 0 heterocycles. The summed E-state index contributed by atoms with van der Waals surface area (Å²) in [6.45, 7) is 11.6. The molecular weight excluding hydrogens is 552 g/mol. The van der Waals surface area contributed by atoms with Gasteiger partial charge < -0.3 is 24.1 Å². The summed E-state index contributed by atoms with van der Waals surface area (Å²) in [4.78, 5) is 0. The normalized spacial score (nSPS) is 15.3. The minimum absolute atomic E-state index is 0.0887. The first-order valence-corrected chi connectivity index (χ1v) is 17.4. The number of hydrogen-bond donors (Lipinski definition) is 2. The van der Waals surface area contributed by atoms with Gasteiger partial charge in [0.1, 0.15) is 5.75 Å². The molecule has 3 rings (SSSR count). The number of ether oxygens (including phenoxy) is 2. The molecule has 0 aliphatic heterocycles. The number of aliphatic hydroxyl groups is 2. The second kappa shape index (κ2) is 15.8. The third kappa shape index (κ3) is 9.88. The van der Waals surface area contributed by atoms with Crippen LogP contribution in [0.15, 0.2) is 97.1 Å². The van der Waals surface area contributed by atoms with Gasteiger partial charge in [-0.05, 0) is 79.1 Å². The van der Waals surface area contributed by atoms with Crippen LogP contribution in [0.3, 0.4) is 0 Å². The van der Waals surface area contributed by atoms with Crippen molar-refractivity contribution in [3.05, 3.63) is 103 Å². The summed E-state index contributed by atoms with van der Waals surface area (Å²) in [6, 6.07) is 29.5. The molecule has 5 nitrogen and oxygen atoms in total. The Morgan fingerprint density at radius 3 is 1.74 bits per heavy atom. The summed E-state index contributed by atoms with van der Waals surface area (Å²) in [5.74, 6) is 0.829. The van der Waals surface area contributed by atoms with Crippen LogP contribution in [-0.2, 0) is 15.8 Å². The van der Waals surface area contributed by atoms with Crippen molar-refractivity contribution in [2.45, 2.75) is 89.6 Å². The van der Waals surface area contributed by atoms with E-state index in [2.05, 4.69) is 101 Å². The monoisotopic (exact) mass is 604 g/mol. The van der Waals surface area contributed by atoms with Gasteiger partial charge in [-0.1, -0.05) is 106 Å². The van der Waals surface area contributed by atoms with Crippen LogP contribution in [0.5, 0.6) is 5.75 Å². The summed E-state index contributed by atoms with van der Waals surface area (Å²) < 4.78 is 19.2. The lowest BCUT2D eigenvalue weighted by Crippen LogP contribution is -2.66. The zero-order valence-electron chi connectivity index (χ0n) is 27.0. The Morgan fingerprint density at radius 1 is 0.721 bits per heavy atom. The molecule has 6 heteroatoms. The molecule has 0 bridgehead atoms. The van der Waals surface area contributed by atoms with E-state index in [0.29, 0.717) is 26.1 Å². The largest absolute Gasteiger partial charge is 0.497 e. The molecule has 0 spiro atoms. The molecule has 0 radical (unpaired) electrons. The lowest BCUT2D eigenvalue weighted by atomic mass is 9.95. The molecule has 0 unspecified atom stereocenters. The molecule has 2 N–H and O–H groups in total. The van der Waals surface area contributed by atoms with E-state index in [1.165, 1.54) is 10.4 Å². The quantitative estimate of drug-likeness (QED) is 0.131. The number of hydrogen-bond acceptors (Lipinski definition) is 5. The number of rotatable bonds is 17. The van der Waals surface area contributed by atoms with Gasteiger partial charge in [0.15, 0.2) is 0 Å². The van der Waals surface area contributed by atoms with Crippen LogP contribution >= 0.6 is 0 Å². The highest BCUT2D eigenvalue weighted by molar-refractivity contribution is 6.99. The number of methoxy groups -OCH3 is 1. The molecule has 0 aliphatic carbocycles. The topological polar surface area (TPSA) is 68.2 Å². The van der Waals surface area contributed by atoms with Gasteiger partial charge in [0.25, 0.3) is 8.32 Å². The van der Waals surface area contributed by atoms with Crippen molar-refractivity contribution in [2.24, 2.45) is 0 Å². The maximum absolute atomic E-state index is 10.1. The summed E-state index contributed by atoms with van der Waals surface area (Å²) >= 11 is 0. The Morgan fingerprint density at radius 2 is 1.26 bits per heavy atom. The van der Waals surface area contributed by atoms with Crippen LogP contribution in [0.25, 0.3) is 0 Å². The van der Waals surface area contributed by atoms with Gasteiger partial charge in [-0.25, -0.2) is 0 Å². The maximum atomic E-state index is 10.1. The van der Waals surface area contributed by atoms with Crippen LogP contribution in [0, 0.1) is 0 Å². The van der Waals surface area contributed by atoms with Crippen LogP contribution < -0.4 is 15.1 Å². The van der Waals surface area contributed by atoms with Crippen molar-refractivity contribution >= 4 is 18.7 Å². The van der Waals surface area contributed by atoms with Gasteiger partial charge in [-0.2, -0.15) is 0 Å². The third-order valence-electron chi connectivity index (χ3n) is 8.31. The Bertz CT molecular complexity index is 1200. The molecule has 0 saturated heterocycles. The van der Waals surface area contributed by atoms with Crippen molar-refractivity contribution < 1.29 is 24.1 Å². The van der Waals surface area contributed by atoms with Crippen LogP contribution in [0.2, 0.25) is 5.04 Å². The molecule has 234 valence electrons. The molecule has 2 atom stereocenters. The SMILES string of the molecule is COc1ccc(CO[C@@](C)(CC/C=C/CC[C@](C)(O)CO)CCO[Si](c2ccccc2)(c2ccccc2)C(C)(C)C)cc1. The fraction of sp³-hybridized carbons (Fsp3) is 0.459. The minimum Gasteiger partial charge on any atom is -0.497 e. The van der Waals surface area contributed by atoms with Gasteiger partial charge in [0, 0.05) is 6.61 Å². The van der Waals surface area contributed by atoms with E-state index in [1.54, 1.807) is 14.0 Å². The van der Waals surface area contributed by atoms with Gasteiger partial charge in [0.2, 0.25) is 0 Å². The maximum Gasteiger partial charge on any atom is 0.261 e. The molecule has 3 aromatic rings. The van der Waals surface area contributed by atoms with Crippen LogP contribution in [0.1, 0.15) is 72.3 Å². The first-order chi connectivity index (χ1) is 20.4. The fourth-order valence-corrected chi connectivity index (χ4v) is 10.1. The molecular formula is C37H52O5Si. The van der Waals surface area contributed by atoms with Gasteiger partial charge >= 0.3 is 0 Å². The van der Waals surface area contributed by atoms with Crippen LogP contribution in [0.4, 0.5) is 0 Å². The second-order valence-corrected chi connectivity index (χ2v) is 17.4. The summed E-state index contributed by atoms with van der Waals surface area (Å²) in [6.07, 6.45) is 7.92. The summed E-state index contributed by atoms with van der Waals surface area (Å²) in [7, 11) is -0.971. The zero-order chi connectivity index (χ0) is 31.4. The lowest BCUT2D eigenvalue weighted by Gasteiger charge is -2.43. The molecule has 0 aliphatic rings. The Kier molecular flexibility index (Phi) is 12.8. The van der Waals surface area contributed by atoms with Gasteiger partial charge in [0.05, 0.1) is 31.5 Å². The number of allylic oxidation sites excluding steroid dienone is 2. The average molecular weight is 605 g/mol. The number of benzene rings is 3. The Balaban J connectivity index is 1.80. The molecule has 0 aromatic heterocycles. The molecule has 3 aromatic carbocycles. The van der Waals surface area contributed by atoms with Crippen molar-refractivity contribution in [1.82, 2.24) is 0 Å². The van der Waals surface area contributed by atoms with Crippen LogP contribution in [-0.4, -0.2) is 50.1 Å². The van der Waals surface area contributed by atoms with Crippen molar-refractivity contribution in [2.75, 3.05) is 20.3 Å². The highest BCUT2D eigenvalue weighted by Gasteiger charge is 2.50. The first-order valence-electron chi connectivity index (χ1n) is 15.4. The van der Waals surface area contributed by atoms with E-state index in [4.69, 9.17) is 13.9 Å². The predicted octanol–water partition coefficient (Wildman–Crippen LogP) is 6.80. The summed E-state index contributed by atoms with van der Waals surface area (Å²) in [5.41, 5.74) is -0.355. The first kappa shape index (κ1) is 34.7. The smallest absolute Gasteiger partial charge is 0.261 e. The van der Waals surface area contributed by atoms with Crippen molar-refractivity contribution in [3.63, 3.8) is 0 Å². The summed E-state index contributed by atoms with van der Waals surface area (Å²) in [5, 5.41) is 21.9. The van der Waals surface area contributed by atoms with Crippen molar-refractivity contribution in [3.8, 4) is 5.75 Å². The van der Waals surface area contributed by atoms with Crippen molar-refractivity contribution in [1.29, 1.82) is 0 Å². The Hall–Kier alpha value is -2.74. The minimum atomic E-state index is -2.64. The fourth-order valence-electron chi connectivity index (χ4n) is 5.53. The van der Waals surface area contributed by atoms with Gasteiger partial charge in [-0.3, -0.25) is 0 Å². The van der Waals surface area contributed by atoms with Gasteiger partial charge in [-0.15, -0.1) is 0 Å². The highest BCUT2D eigenvalue weighted by atomic mass is 28.4. The zero-order valence-corrected chi connectivity index (χ0v) is 28.0. The average Bonchev–Trinajstić information content (AvgIpc) is 3.00. The highest BCUT2D eigenvalue weighted by Crippen LogP contribution is 2.37. The Labute approximate surface area is 260 Å². The van der Waals surface area contributed by atoms with E-state index < -0.39 is 19.5 Å². The third-order valence-corrected chi connectivity index (χ3v) is 13.4. The predicted molar refractivity (Wildman–Crippen MR) is 180 cm³/mol. The molecule has 0 saturated carbocycles. The molecule has 0 fully saturated rings. The number of aliphatic hydroxyl groups excluding tert-OH is 1.